The highest BCUT2D eigenvalue weighted by atomic mass is 35.5. The molecular formula is C13H12ClN7O. The van der Waals surface area contributed by atoms with Gasteiger partial charge in [0.1, 0.15) is 6.33 Å². The topological polar surface area (TPSA) is 101 Å². The van der Waals surface area contributed by atoms with Gasteiger partial charge in [-0.25, -0.2) is 9.67 Å². The van der Waals surface area contributed by atoms with E-state index in [0.29, 0.717) is 29.2 Å². The SMILES string of the molecule is O=C(NCCc1cnc[nH]1)c1cc(-n2cnnn2)ccc1Cl. The van der Waals surface area contributed by atoms with Crippen molar-refractivity contribution in [1.29, 1.82) is 0 Å². The molecule has 0 aliphatic heterocycles. The summed E-state index contributed by atoms with van der Waals surface area (Å²) in [5.74, 6) is -0.251. The van der Waals surface area contributed by atoms with Gasteiger partial charge in [0.15, 0.2) is 0 Å². The first-order chi connectivity index (χ1) is 10.7. The molecule has 0 fully saturated rings. The number of aromatic amines is 1. The van der Waals surface area contributed by atoms with E-state index in [4.69, 9.17) is 11.6 Å². The molecule has 1 aromatic carbocycles. The second-order valence-corrected chi connectivity index (χ2v) is 4.91. The van der Waals surface area contributed by atoms with E-state index in [1.54, 1.807) is 30.7 Å². The van der Waals surface area contributed by atoms with Crippen molar-refractivity contribution in [2.75, 3.05) is 6.54 Å². The van der Waals surface area contributed by atoms with Crippen molar-refractivity contribution in [3.63, 3.8) is 0 Å². The zero-order valence-electron chi connectivity index (χ0n) is 11.4. The third kappa shape index (κ3) is 3.12. The molecule has 0 aliphatic rings. The van der Waals surface area contributed by atoms with Crippen molar-refractivity contribution in [2.45, 2.75) is 6.42 Å². The molecule has 2 heterocycles. The maximum absolute atomic E-state index is 12.2. The summed E-state index contributed by atoms with van der Waals surface area (Å²) in [6.45, 7) is 0.479. The molecule has 2 aromatic heterocycles. The highest BCUT2D eigenvalue weighted by molar-refractivity contribution is 6.33. The predicted molar refractivity (Wildman–Crippen MR) is 78.8 cm³/mol. The Hall–Kier alpha value is -2.74. The van der Waals surface area contributed by atoms with Gasteiger partial charge in [-0.1, -0.05) is 11.6 Å². The summed E-state index contributed by atoms with van der Waals surface area (Å²) in [6, 6.07) is 5.02. The van der Waals surface area contributed by atoms with E-state index in [9.17, 15) is 4.79 Å². The fourth-order valence-corrected chi connectivity index (χ4v) is 2.14. The molecule has 0 spiro atoms. The van der Waals surface area contributed by atoms with Crippen LogP contribution in [-0.2, 0) is 6.42 Å². The van der Waals surface area contributed by atoms with E-state index in [1.807, 2.05) is 0 Å². The Kier molecular flexibility index (Phi) is 4.10. The van der Waals surface area contributed by atoms with E-state index in [0.717, 1.165) is 5.69 Å². The second kappa shape index (κ2) is 6.35. The van der Waals surface area contributed by atoms with Crippen LogP contribution in [0.4, 0.5) is 0 Å². The molecule has 0 saturated carbocycles. The van der Waals surface area contributed by atoms with Crippen LogP contribution in [-0.4, -0.2) is 42.6 Å². The summed E-state index contributed by atoms with van der Waals surface area (Å²) in [5.41, 5.74) is 1.99. The Morgan fingerprint density at radius 1 is 1.41 bits per heavy atom. The molecule has 2 N–H and O–H groups in total. The van der Waals surface area contributed by atoms with Crippen molar-refractivity contribution in [1.82, 2.24) is 35.5 Å². The first-order valence-corrected chi connectivity index (χ1v) is 6.90. The lowest BCUT2D eigenvalue weighted by atomic mass is 10.2. The first-order valence-electron chi connectivity index (χ1n) is 6.52. The number of amides is 1. The summed E-state index contributed by atoms with van der Waals surface area (Å²) in [4.78, 5) is 19.1. The van der Waals surface area contributed by atoms with Crippen molar-refractivity contribution < 1.29 is 4.79 Å². The second-order valence-electron chi connectivity index (χ2n) is 4.50. The average molecular weight is 318 g/mol. The number of rotatable bonds is 5. The maximum atomic E-state index is 12.2. The maximum Gasteiger partial charge on any atom is 0.252 e. The molecule has 0 aliphatic carbocycles. The number of halogens is 1. The normalized spacial score (nSPS) is 10.6. The van der Waals surface area contributed by atoms with E-state index >= 15 is 0 Å². The fourth-order valence-electron chi connectivity index (χ4n) is 1.94. The van der Waals surface area contributed by atoms with E-state index in [2.05, 4.69) is 30.8 Å². The lowest BCUT2D eigenvalue weighted by molar-refractivity contribution is 0.0954. The number of benzene rings is 1. The largest absolute Gasteiger partial charge is 0.352 e. The van der Waals surface area contributed by atoms with Crippen molar-refractivity contribution in [2.24, 2.45) is 0 Å². The number of imidazole rings is 1. The molecule has 0 radical (unpaired) electrons. The Balaban J connectivity index is 1.70. The van der Waals surface area contributed by atoms with E-state index in [-0.39, 0.29) is 5.91 Å². The predicted octanol–water partition coefficient (Wildman–Crippen LogP) is 1.01. The minimum atomic E-state index is -0.251. The Morgan fingerprint density at radius 2 is 2.32 bits per heavy atom. The molecule has 0 bridgehead atoms. The quantitative estimate of drug-likeness (QED) is 0.731. The molecule has 0 atom stereocenters. The monoisotopic (exact) mass is 317 g/mol. The summed E-state index contributed by atoms with van der Waals surface area (Å²) in [6.07, 6.45) is 5.43. The van der Waals surface area contributed by atoms with E-state index in [1.165, 1.54) is 11.0 Å². The van der Waals surface area contributed by atoms with Crippen LogP contribution in [0.3, 0.4) is 0 Å². The van der Waals surface area contributed by atoms with Gasteiger partial charge in [0, 0.05) is 24.9 Å². The Bertz CT molecular complexity index is 755. The fraction of sp³-hybridized carbons (Fsp3) is 0.154. The highest BCUT2D eigenvalue weighted by Gasteiger charge is 2.12. The molecule has 22 heavy (non-hydrogen) atoms. The van der Waals surface area contributed by atoms with Gasteiger partial charge in [-0.3, -0.25) is 4.79 Å². The molecule has 3 aromatic rings. The molecule has 1 amide bonds. The highest BCUT2D eigenvalue weighted by Crippen LogP contribution is 2.19. The van der Waals surface area contributed by atoms with Crippen LogP contribution >= 0.6 is 11.6 Å². The van der Waals surface area contributed by atoms with Gasteiger partial charge in [0.05, 0.1) is 22.6 Å². The molecule has 9 heteroatoms. The number of carbonyl (C=O) groups is 1. The van der Waals surface area contributed by atoms with Crippen molar-refractivity contribution >= 4 is 17.5 Å². The molecule has 0 saturated heterocycles. The van der Waals surface area contributed by atoms with Crippen molar-refractivity contribution in [3.05, 3.63) is 53.3 Å². The average Bonchev–Trinajstić information content (AvgIpc) is 3.21. The Morgan fingerprint density at radius 3 is 3.05 bits per heavy atom. The number of nitrogens with one attached hydrogen (secondary N) is 2. The van der Waals surface area contributed by atoms with Gasteiger partial charge in [0.2, 0.25) is 0 Å². The summed E-state index contributed by atoms with van der Waals surface area (Å²) in [7, 11) is 0. The number of tetrazole rings is 1. The summed E-state index contributed by atoms with van der Waals surface area (Å²) >= 11 is 6.09. The smallest absolute Gasteiger partial charge is 0.252 e. The number of carbonyl (C=O) groups excluding carboxylic acids is 1. The molecule has 112 valence electrons. The minimum Gasteiger partial charge on any atom is -0.352 e. The Labute approximate surface area is 130 Å². The third-order valence-electron chi connectivity index (χ3n) is 3.04. The van der Waals surface area contributed by atoms with Crippen LogP contribution < -0.4 is 5.32 Å². The molecular weight excluding hydrogens is 306 g/mol. The standard InChI is InChI=1S/C13H12ClN7O/c14-12-2-1-10(21-8-18-19-20-21)5-11(12)13(22)16-4-3-9-6-15-7-17-9/h1-2,5-8H,3-4H2,(H,15,17)(H,16,22). The number of aromatic nitrogens is 6. The van der Waals surface area contributed by atoms with Crippen LogP contribution in [0.2, 0.25) is 5.02 Å². The minimum absolute atomic E-state index is 0.251. The number of nitrogens with zero attached hydrogens (tertiary/aromatic N) is 5. The summed E-state index contributed by atoms with van der Waals surface area (Å²) < 4.78 is 1.46. The van der Waals surface area contributed by atoms with Crippen LogP contribution in [0.1, 0.15) is 16.1 Å². The zero-order chi connectivity index (χ0) is 15.4. The van der Waals surface area contributed by atoms with Crippen LogP contribution in [0.15, 0.2) is 37.1 Å². The van der Waals surface area contributed by atoms with Gasteiger partial charge < -0.3 is 10.3 Å². The van der Waals surface area contributed by atoms with Gasteiger partial charge in [-0.2, -0.15) is 0 Å². The number of H-pyrrole nitrogens is 1. The van der Waals surface area contributed by atoms with Crippen LogP contribution in [0.5, 0.6) is 0 Å². The summed E-state index contributed by atoms with van der Waals surface area (Å²) in [5, 5.41) is 14.1. The lowest BCUT2D eigenvalue weighted by Crippen LogP contribution is -2.26. The zero-order valence-corrected chi connectivity index (χ0v) is 12.2. The van der Waals surface area contributed by atoms with Gasteiger partial charge in [0.25, 0.3) is 5.91 Å². The van der Waals surface area contributed by atoms with E-state index < -0.39 is 0 Å². The van der Waals surface area contributed by atoms with Gasteiger partial charge in [-0.15, -0.1) is 5.10 Å². The molecule has 0 unspecified atom stereocenters. The third-order valence-corrected chi connectivity index (χ3v) is 3.37. The van der Waals surface area contributed by atoms with Crippen LogP contribution in [0, 0.1) is 0 Å². The lowest BCUT2D eigenvalue weighted by Gasteiger charge is -2.08. The molecule has 3 rings (SSSR count). The first kappa shape index (κ1) is 14.2. The number of hydrogen-bond acceptors (Lipinski definition) is 5. The van der Waals surface area contributed by atoms with Gasteiger partial charge >= 0.3 is 0 Å². The van der Waals surface area contributed by atoms with Crippen molar-refractivity contribution in [3.8, 4) is 5.69 Å². The van der Waals surface area contributed by atoms with Gasteiger partial charge in [-0.05, 0) is 28.6 Å². The molecule has 8 nitrogen and oxygen atoms in total. The van der Waals surface area contributed by atoms with Crippen LogP contribution in [0.25, 0.3) is 5.69 Å². The number of hydrogen-bond donors (Lipinski definition) is 2.